The minimum absolute atomic E-state index is 0.0746. The molecule has 136 valence electrons. The molecular formula is C19H22BrN5O. The van der Waals surface area contributed by atoms with E-state index in [1.54, 1.807) is 0 Å². The van der Waals surface area contributed by atoms with Crippen LogP contribution in [-0.4, -0.2) is 25.5 Å². The minimum atomic E-state index is -0.0746. The maximum Gasteiger partial charge on any atom is 0.227 e. The van der Waals surface area contributed by atoms with Crippen LogP contribution in [0.15, 0.2) is 41.0 Å². The Hall–Kier alpha value is -2.41. The fourth-order valence-corrected chi connectivity index (χ4v) is 3.10. The summed E-state index contributed by atoms with van der Waals surface area (Å²) in [6, 6.07) is 10.1. The van der Waals surface area contributed by atoms with Crippen molar-refractivity contribution in [1.82, 2.24) is 19.6 Å². The van der Waals surface area contributed by atoms with Crippen LogP contribution in [0.5, 0.6) is 0 Å². The minimum Gasteiger partial charge on any atom is -0.309 e. The maximum atomic E-state index is 12.2. The Morgan fingerprint density at radius 2 is 2.00 bits per heavy atom. The average molecular weight is 416 g/mol. The van der Waals surface area contributed by atoms with Crippen molar-refractivity contribution in [3.8, 4) is 0 Å². The highest BCUT2D eigenvalue weighted by Gasteiger charge is 2.11. The molecule has 0 radical (unpaired) electrons. The van der Waals surface area contributed by atoms with E-state index in [9.17, 15) is 4.79 Å². The molecule has 6 nitrogen and oxygen atoms in total. The van der Waals surface area contributed by atoms with Gasteiger partial charge in [0.15, 0.2) is 5.82 Å². The van der Waals surface area contributed by atoms with Gasteiger partial charge >= 0.3 is 0 Å². The summed E-state index contributed by atoms with van der Waals surface area (Å²) in [5.41, 5.74) is 4.36. The van der Waals surface area contributed by atoms with Gasteiger partial charge in [-0.15, -0.1) is 0 Å². The third kappa shape index (κ3) is 4.40. The molecule has 0 bridgehead atoms. The Kier molecular flexibility index (Phi) is 5.56. The Morgan fingerprint density at radius 1 is 1.19 bits per heavy atom. The molecule has 0 spiro atoms. The van der Waals surface area contributed by atoms with Gasteiger partial charge in [0.2, 0.25) is 5.91 Å². The fourth-order valence-electron chi connectivity index (χ4n) is 2.82. The molecule has 2 heterocycles. The third-order valence-electron chi connectivity index (χ3n) is 4.18. The lowest BCUT2D eigenvalue weighted by atomic mass is 10.1. The predicted molar refractivity (Wildman–Crippen MR) is 105 cm³/mol. The number of carbonyl (C=O) groups is 1. The van der Waals surface area contributed by atoms with E-state index in [1.807, 2.05) is 41.5 Å². The van der Waals surface area contributed by atoms with Gasteiger partial charge in [-0.3, -0.25) is 14.2 Å². The summed E-state index contributed by atoms with van der Waals surface area (Å²) in [6.07, 6.45) is 2.22. The lowest BCUT2D eigenvalue weighted by Crippen LogP contribution is -2.16. The van der Waals surface area contributed by atoms with E-state index < -0.39 is 0 Å². The number of nitrogens with one attached hydrogen (secondary N) is 1. The molecule has 1 N–H and O–H groups in total. The maximum absolute atomic E-state index is 12.2. The number of hydrogen-bond acceptors (Lipinski definition) is 3. The van der Waals surface area contributed by atoms with Gasteiger partial charge in [0.1, 0.15) is 0 Å². The summed E-state index contributed by atoms with van der Waals surface area (Å²) in [6.45, 7) is 7.20. The highest BCUT2D eigenvalue weighted by atomic mass is 79.9. The zero-order valence-electron chi connectivity index (χ0n) is 15.2. The van der Waals surface area contributed by atoms with Crippen LogP contribution in [0.2, 0.25) is 0 Å². The molecule has 1 amide bonds. The Bertz CT molecular complexity index is 928. The molecule has 0 saturated carbocycles. The number of benzene rings is 1. The average Bonchev–Trinajstić information content (AvgIpc) is 3.12. The van der Waals surface area contributed by atoms with Gasteiger partial charge in [0.05, 0.1) is 23.3 Å². The van der Waals surface area contributed by atoms with Crippen molar-refractivity contribution in [3.63, 3.8) is 0 Å². The Labute approximate surface area is 161 Å². The first-order chi connectivity index (χ1) is 12.4. The summed E-state index contributed by atoms with van der Waals surface area (Å²) in [5.74, 6) is 0.492. The Morgan fingerprint density at radius 3 is 2.69 bits per heavy atom. The number of anilines is 1. The van der Waals surface area contributed by atoms with Crippen LogP contribution in [-0.2, 0) is 17.9 Å². The first-order valence-corrected chi connectivity index (χ1v) is 9.30. The first-order valence-electron chi connectivity index (χ1n) is 8.51. The highest BCUT2D eigenvalue weighted by molar-refractivity contribution is 9.10. The van der Waals surface area contributed by atoms with Crippen molar-refractivity contribution in [1.29, 1.82) is 0 Å². The van der Waals surface area contributed by atoms with Crippen molar-refractivity contribution in [2.45, 2.75) is 40.3 Å². The van der Waals surface area contributed by atoms with Gasteiger partial charge in [-0.1, -0.05) is 29.8 Å². The number of carbonyl (C=O) groups excluding carboxylic acids is 1. The van der Waals surface area contributed by atoms with Crippen LogP contribution in [0, 0.1) is 20.8 Å². The summed E-state index contributed by atoms with van der Waals surface area (Å²) in [4.78, 5) is 12.2. The molecule has 7 heteroatoms. The van der Waals surface area contributed by atoms with E-state index >= 15 is 0 Å². The fraction of sp³-hybridized carbons (Fsp3) is 0.316. The second-order valence-electron chi connectivity index (χ2n) is 6.39. The van der Waals surface area contributed by atoms with Crippen molar-refractivity contribution in [2.24, 2.45) is 0 Å². The third-order valence-corrected chi connectivity index (χ3v) is 5.33. The van der Waals surface area contributed by atoms with E-state index in [0.29, 0.717) is 25.3 Å². The number of aromatic nitrogens is 4. The van der Waals surface area contributed by atoms with E-state index in [0.717, 1.165) is 15.9 Å². The van der Waals surface area contributed by atoms with E-state index in [2.05, 4.69) is 56.6 Å². The summed E-state index contributed by atoms with van der Waals surface area (Å²) in [5, 5.41) is 11.7. The van der Waals surface area contributed by atoms with Gasteiger partial charge in [0, 0.05) is 24.4 Å². The second-order valence-corrected chi connectivity index (χ2v) is 7.19. The zero-order chi connectivity index (χ0) is 18.7. The van der Waals surface area contributed by atoms with Crippen LogP contribution < -0.4 is 5.32 Å². The van der Waals surface area contributed by atoms with E-state index in [1.165, 1.54) is 11.1 Å². The topological polar surface area (TPSA) is 64.7 Å². The molecular weight excluding hydrogens is 394 g/mol. The normalized spacial score (nSPS) is 10.9. The molecule has 1 aromatic carbocycles. The summed E-state index contributed by atoms with van der Waals surface area (Å²) >= 11 is 3.50. The van der Waals surface area contributed by atoms with E-state index in [4.69, 9.17) is 0 Å². The number of rotatable bonds is 6. The molecule has 3 aromatic rings. The lowest BCUT2D eigenvalue weighted by Gasteiger charge is -2.05. The van der Waals surface area contributed by atoms with Gasteiger partial charge in [-0.05, 0) is 42.3 Å². The predicted octanol–water partition coefficient (Wildman–Crippen LogP) is 3.84. The molecule has 0 fully saturated rings. The molecule has 0 aliphatic heterocycles. The smallest absolute Gasteiger partial charge is 0.227 e. The SMILES string of the molecule is Cc1cccc(Cn2ccc(NC(=O)CCn3nc(C)c(Br)c3C)n2)c1. The number of hydrogen-bond donors (Lipinski definition) is 1. The van der Waals surface area contributed by atoms with Gasteiger partial charge in [0.25, 0.3) is 0 Å². The van der Waals surface area contributed by atoms with Crippen molar-refractivity contribution in [2.75, 3.05) is 5.32 Å². The molecule has 0 aliphatic rings. The molecule has 0 aliphatic carbocycles. The van der Waals surface area contributed by atoms with Crippen molar-refractivity contribution >= 4 is 27.7 Å². The van der Waals surface area contributed by atoms with Gasteiger partial charge in [-0.25, -0.2) is 0 Å². The number of amides is 1. The van der Waals surface area contributed by atoms with Crippen LogP contribution >= 0.6 is 15.9 Å². The molecule has 0 unspecified atom stereocenters. The monoisotopic (exact) mass is 415 g/mol. The number of aryl methyl sites for hydroxylation is 3. The first kappa shape index (κ1) is 18.4. The molecule has 2 aromatic heterocycles. The van der Waals surface area contributed by atoms with Gasteiger partial charge in [-0.2, -0.15) is 10.2 Å². The van der Waals surface area contributed by atoms with Crippen LogP contribution in [0.4, 0.5) is 5.82 Å². The Balaban J connectivity index is 1.55. The standard InChI is InChI=1S/C19H22BrN5O/c1-13-5-4-6-16(11-13)12-24-9-7-17(23-24)21-18(26)8-10-25-15(3)19(20)14(2)22-25/h4-7,9,11H,8,10,12H2,1-3H3,(H,21,23,26). The molecule has 0 atom stereocenters. The highest BCUT2D eigenvalue weighted by Crippen LogP contribution is 2.20. The zero-order valence-corrected chi connectivity index (χ0v) is 16.7. The van der Waals surface area contributed by atoms with Crippen LogP contribution in [0.3, 0.4) is 0 Å². The second kappa shape index (κ2) is 7.86. The quantitative estimate of drug-likeness (QED) is 0.664. The summed E-state index contributed by atoms with van der Waals surface area (Å²) in [7, 11) is 0. The van der Waals surface area contributed by atoms with Gasteiger partial charge < -0.3 is 5.32 Å². The molecule has 3 rings (SSSR count). The van der Waals surface area contributed by atoms with Crippen LogP contribution in [0.1, 0.15) is 28.9 Å². The summed E-state index contributed by atoms with van der Waals surface area (Å²) < 4.78 is 4.66. The largest absolute Gasteiger partial charge is 0.309 e. The van der Waals surface area contributed by atoms with Crippen LogP contribution in [0.25, 0.3) is 0 Å². The number of nitrogens with zero attached hydrogens (tertiary/aromatic N) is 4. The molecule has 26 heavy (non-hydrogen) atoms. The lowest BCUT2D eigenvalue weighted by molar-refractivity contribution is -0.116. The van der Waals surface area contributed by atoms with Crippen molar-refractivity contribution in [3.05, 3.63) is 63.5 Å². The van der Waals surface area contributed by atoms with Crippen molar-refractivity contribution < 1.29 is 4.79 Å². The number of halogens is 1. The van der Waals surface area contributed by atoms with E-state index in [-0.39, 0.29) is 5.91 Å². The molecule has 0 saturated heterocycles.